The third kappa shape index (κ3) is 4.23. The Labute approximate surface area is 171 Å². The van der Waals surface area contributed by atoms with Gasteiger partial charge in [0.2, 0.25) is 0 Å². The fraction of sp³-hybridized carbons (Fsp3) is 0.304. The molecule has 0 radical (unpaired) electrons. The second kappa shape index (κ2) is 8.19. The van der Waals surface area contributed by atoms with Crippen molar-refractivity contribution >= 4 is 29.1 Å². The first-order valence-corrected chi connectivity index (χ1v) is 9.97. The molecule has 1 fully saturated rings. The molecule has 0 unspecified atom stereocenters. The molecule has 150 valence electrons. The third-order valence-electron chi connectivity index (χ3n) is 5.54. The Balaban J connectivity index is 1.58. The summed E-state index contributed by atoms with van der Waals surface area (Å²) in [7, 11) is 2.17. The first-order chi connectivity index (χ1) is 14.0. The van der Waals surface area contributed by atoms with E-state index in [0.717, 1.165) is 60.4 Å². The summed E-state index contributed by atoms with van der Waals surface area (Å²) < 4.78 is 1.27. The molecule has 4 rings (SSSR count). The van der Waals surface area contributed by atoms with Gasteiger partial charge in [0.1, 0.15) is 0 Å². The van der Waals surface area contributed by atoms with Gasteiger partial charge in [-0.15, -0.1) is 0 Å². The molecule has 29 heavy (non-hydrogen) atoms. The van der Waals surface area contributed by atoms with E-state index in [4.69, 9.17) is 5.73 Å². The maximum Gasteiger partial charge on any atom is 0.340 e. The SMILES string of the molecule is Cc1cccc2c1c(C=Cc1cccc(CN3CCN(C)CC3)c1)nn2C(N)=O. The van der Waals surface area contributed by atoms with Gasteiger partial charge in [-0.25, -0.2) is 4.79 Å². The maximum absolute atomic E-state index is 11.8. The number of nitrogens with zero attached hydrogens (tertiary/aromatic N) is 4. The van der Waals surface area contributed by atoms with E-state index in [1.54, 1.807) is 0 Å². The van der Waals surface area contributed by atoms with Crippen molar-refractivity contribution in [2.45, 2.75) is 13.5 Å². The molecule has 2 heterocycles. The van der Waals surface area contributed by atoms with Crippen LogP contribution in [0.5, 0.6) is 0 Å². The summed E-state index contributed by atoms with van der Waals surface area (Å²) in [5.41, 5.74) is 10.5. The number of carbonyl (C=O) groups excluding carboxylic acids is 1. The minimum atomic E-state index is -0.575. The number of likely N-dealkylation sites (N-methyl/N-ethyl adjacent to an activating group) is 1. The standard InChI is InChI=1S/C23H27N5O/c1-17-5-3-8-21-22(17)20(25-28(21)23(24)29)10-9-18-6-4-7-19(15-18)16-27-13-11-26(2)12-14-27/h3-10,15H,11-14,16H2,1-2H3,(H2,24,29). The highest BCUT2D eigenvalue weighted by molar-refractivity contribution is 5.97. The average molecular weight is 390 g/mol. The average Bonchev–Trinajstić information content (AvgIpc) is 3.09. The monoisotopic (exact) mass is 389 g/mol. The van der Waals surface area contributed by atoms with Crippen molar-refractivity contribution in [3.8, 4) is 0 Å². The molecule has 1 saturated heterocycles. The number of benzene rings is 2. The number of rotatable bonds is 4. The highest BCUT2D eigenvalue weighted by Crippen LogP contribution is 2.24. The number of hydrogen-bond acceptors (Lipinski definition) is 4. The molecular formula is C23H27N5O. The fourth-order valence-electron chi connectivity index (χ4n) is 3.89. The van der Waals surface area contributed by atoms with Crippen molar-refractivity contribution in [1.29, 1.82) is 0 Å². The van der Waals surface area contributed by atoms with E-state index in [1.807, 2.05) is 37.3 Å². The van der Waals surface area contributed by atoms with Crippen LogP contribution in [0.3, 0.4) is 0 Å². The lowest BCUT2D eigenvalue weighted by Crippen LogP contribution is -2.43. The summed E-state index contributed by atoms with van der Waals surface area (Å²) in [4.78, 5) is 16.6. The molecule has 1 amide bonds. The zero-order valence-corrected chi connectivity index (χ0v) is 17.0. The van der Waals surface area contributed by atoms with E-state index in [1.165, 1.54) is 10.2 Å². The Morgan fingerprint density at radius 1 is 1.10 bits per heavy atom. The number of aryl methyl sites for hydroxylation is 1. The number of amides is 1. The van der Waals surface area contributed by atoms with Gasteiger partial charge in [0.15, 0.2) is 0 Å². The third-order valence-corrected chi connectivity index (χ3v) is 5.54. The molecule has 1 aliphatic heterocycles. The van der Waals surface area contributed by atoms with Gasteiger partial charge in [0.25, 0.3) is 0 Å². The summed E-state index contributed by atoms with van der Waals surface area (Å²) in [6, 6.07) is 13.8. The fourth-order valence-corrected chi connectivity index (χ4v) is 3.89. The lowest BCUT2D eigenvalue weighted by atomic mass is 10.1. The van der Waals surface area contributed by atoms with E-state index < -0.39 is 6.03 Å². The number of carbonyl (C=O) groups is 1. The normalized spacial score (nSPS) is 16.1. The smallest absolute Gasteiger partial charge is 0.340 e. The van der Waals surface area contributed by atoms with Gasteiger partial charge < -0.3 is 10.6 Å². The van der Waals surface area contributed by atoms with Crippen LogP contribution in [-0.2, 0) is 6.54 Å². The van der Waals surface area contributed by atoms with Gasteiger partial charge in [-0.3, -0.25) is 4.90 Å². The van der Waals surface area contributed by atoms with Gasteiger partial charge in [0, 0.05) is 38.1 Å². The van der Waals surface area contributed by atoms with E-state index in [2.05, 4.69) is 46.2 Å². The predicted molar refractivity (Wildman–Crippen MR) is 118 cm³/mol. The van der Waals surface area contributed by atoms with Crippen LogP contribution in [0.15, 0.2) is 42.5 Å². The van der Waals surface area contributed by atoms with Crippen LogP contribution in [0.25, 0.3) is 23.1 Å². The first kappa shape index (κ1) is 19.4. The zero-order chi connectivity index (χ0) is 20.4. The molecule has 2 N–H and O–H groups in total. The van der Waals surface area contributed by atoms with Crippen LogP contribution in [0, 0.1) is 6.92 Å². The van der Waals surface area contributed by atoms with Crippen LogP contribution in [-0.4, -0.2) is 58.8 Å². The number of aromatic nitrogens is 2. The van der Waals surface area contributed by atoms with Crippen LogP contribution in [0.1, 0.15) is 22.4 Å². The number of piperazine rings is 1. The van der Waals surface area contributed by atoms with Crippen LogP contribution < -0.4 is 5.73 Å². The van der Waals surface area contributed by atoms with Gasteiger partial charge in [-0.05, 0) is 42.8 Å². The summed E-state index contributed by atoms with van der Waals surface area (Å²) in [6.07, 6.45) is 4.01. The molecule has 0 spiro atoms. The summed E-state index contributed by atoms with van der Waals surface area (Å²) in [6.45, 7) is 7.43. The molecule has 1 aliphatic rings. The van der Waals surface area contributed by atoms with Crippen molar-refractivity contribution in [2.24, 2.45) is 5.73 Å². The van der Waals surface area contributed by atoms with Gasteiger partial charge in [-0.2, -0.15) is 9.78 Å². The molecule has 0 saturated carbocycles. The van der Waals surface area contributed by atoms with E-state index >= 15 is 0 Å². The Morgan fingerprint density at radius 2 is 1.86 bits per heavy atom. The lowest BCUT2D eigenvalue weighted by molar-refractivity contribution is 0.148. The van der Waals surface area contributed by atoms with Crippen molar-refractivity contribution in [3.05, 3.63) is 64.8 Å². The van der Waals surface area contributed by atoms with Gasteiger partial charge in [0.05, 0.1) is 11.2 Å². The number of primary amides is 1. The maximum atomic E-state index is 11.8. The summed E-state index contributed by atoms with van der Waals surface area (Å²) in [5, 5.41) is 5.39. The molecule has 0 atom stereocenters. The minimum Gasteiger partial charge on any atom is -0.350 e. The molecule has 3 aromatic rings. The van der Waals surface area contributed by atoms with Gasteiger partial charge in [-0.1, -0.05) is 42.5 Å². The Morgan fingerprint density at radius 3 is 2.62 bits per heavy atom. The summed E-state index contributed by atoms with van der Waals surface area (Å²) >= 11 is 0. The van der Waals surface area contributed by atoms with Crippen LogP contribution in [0.4, 0.5) is 4.79 Å². The minimum absolute atomic E-state index is 0.575. The molecule has 6 heteroatoms. The molecule has 2 aromatic carbocycles. The zero-order valence-electron chi connectivity index (χ0n) is 17.0. The number of fused-ring (bicyclic) bond motifs is 1. The molecule has 1 aromatic heterocycles. The quantitative estimate of drug-likeness (QED) is 0.744. The Bertz CT molecular complexity index is 1060. The Kier molecular flexibility index (Phi) is 5.47. The molecule has 6 nitrogen and oxygen atoms in total. The Hall–Kier alpha value is -2.96. The largest absolute Gasteiger partial charge is 0.350 e. The van der Waals surface area contributed by atoms with Gasteiger partial charge >= 0.3 is 6.03 Å². The molecule has 0 aliphatic carbocycles. The number of hydrogen-bond donors (Lipinski definition) is 1. The van der Waals surface area contributed by atoms with Crippen LogP contribution in [0.2, 0.25) is 0 Å². The highest BCUT2D eigenvalue weighted by atomic mass is 16.2. The van der Waals surface area contributed by atoms with Crippen molar-refractivity contribution in [1.82, 2.24) is 19.6 Å². The van der Waals surface area contributed by atoms with Crippen molar-refractivity contribution < 1.29 is 4.79 Å². The van der Waals surface area contributed by atoms with Crippen LogP contribution >= 0.6 is 0 Å². The number of nitrogens with two attached hydrogens (primary N) is 1. The van der Waals surface area contributed by atoms with E-state index in [-0.39, 0.29) is 0 Å². The van der Waals surface area contributed by atoms with Crippen molar-refractivity contribution in [2.75, 3.05) is 33.2 Å². The summed E-state index contributed by atoms with van der Waals surface area (Å²) in [5.74, 6) is 0. The topological polar surface area (TPSA) is 67.4 Å². The first-order valence-electron chi connectivity index (χ1n) is 9.97. The van der Waals surface area contributed by atoms with Crippen molar-refractivity contribution in [3.63, 3.8) is 0 Å². The molecule has 0 bridgehead atoms. The second-order valence-corrected chi connectivity index (χ2v) is 7.76. The molecular weight excluding hydrogens is 362 g/mol. The highest BCUT2D eigenvalue weighted by Gasteiger charge is 2.15. The second-order valence-electron chi connectivity index (χ2n) is 7.76. The lowest BCUT2D eigenvalue weighted by Gasteiger charge is -2.32. The van der Waals surface area contributed by atoms with E-state index in [9.17, 15) is 4.79 Å². The predicted octanol–water partition coefficient (Wildman–Crippen LogP) is 3.19. The van der Waals surface area contributed by atoms with E-state index in [0.29, 0.717) is 0 Å².